The highest BCUT2D eigenvalue weighted by atomic mass is 79.9. The van der Waals surface area contributed by atoms with E-state index < -0.39 is 12.5 Å². The minimum absolute atomic E-state index is 0.0195. The molecular formula is C11H12BrClF2N2O3. The van der Waals surface area contributed by atoms with Crippen molar-refractivity contribution in [3.05, 3.63) is 21.6 Å². The Labute approximate surface area is 127 Å². The molecule has 0 saturated carbocycles. The number of benzene rings is 1. The number of carbonyl (C=O) groups excluding carboxylic acids is 1. The number of nitrogens with one attached hydrogen (secondary N) is 1. The van der Waals surface area contributed by atoms with Gasteiger partial charge in [0.1, 0.15) is 6.61 Å². The number of amides is 1. The lowest BCUT2D eigenvalue weighted by Gasteiger charge is -2.14. The molecule has 1 aromatic carbocycles. The second kappa shape index (κ2) is 8.35. The Hall–Kier alpha value is -0.960. The first-order valence-electron chi connectivity index (χ1n) is 5.45. The maximum atomic E-state index is 12.3. The summed E-state index contributed by atoms with van der Waals surface area (Å²) in [4.78, 5) is 11.6. The van der Waals surface area contributed by atoms with Gasteiger partial charge in [0.2, 0.25) is 5.91 Å². The standard InChI is InChI=1S/C11H12BrClF2N2O3/c12-7-3-6(13)4-8(10(7)20-11(14)15)17-9(18)5-19-2-1-16/h3-4,11H,1-2,5,16H2,(H,17,18). The van der Waals surface area contributed by atoms with E-state index in [2.05, 4.69) is 26.0 Å². The molecule has 20 heavy (non-hydrogen) atoms. The van der Waals surface area contributed by atoms with E-state index in [9.17, 15) is 13.6 Å². The second-order valence-electron chi connectivity index (χ2n) is 3.53. The highest BCUT2D eigenvalue weighted by molar-refractivity contribution is 9.10. The van der Waals surface area contributed by atoms with Crippen LogP contribution < -0.4 is 15.8 Å². The number of hydrogen-bond acceptors (Lipinski definition) is 4. The number of halogens is 4. The molecule has 9 heteroatoms. The van der Waals surface area contributed by atoms with Crippen LogP contribution in [-0.4, -0.2) is 32.3 Å². The summed E-state index contributed by atoms with van der Waals surface area (Å²) in [6, 6.07) is 2.67. The SMILES string of the molecule is NCCOCC(=O)Nc1cc(Cl)cc(Br)c1OC(F)F. The smallest absolute Gasteiger partial charge is 0.387 e. The number of carbonyl (C=O) groups is 1. The molecule has 0 fully saturated rings. The van der Waals surface area contributed by atoms with Gasteiger partial charge in [0, 0.05) is 11.6 Å². The molecule has 0 radical (unpaired) electrons. The summed E-state index contributed by atoms with van der Waals surface area (Å²) in [5, 5.41) is 2.63. The van der Waals surface area contributed by atoms with Crippen LogP contribution in [0.25, 0.3) is 0 Å². The fourth-order valence-corrected chi connectivity index (χ4v) is 2.20. The first-order valence-corrected chi connectivity index (χ1v) is 6.62. The molecule has 0 bridgehead atoms. The van der Waals surface area contributed by atoms with Crippen LogP contribution in [0.2, 0.25) is 5.02 Å². The summed E-state index contributed by atoms with van der Waals surface area (Å²) in [7, 11) is 0. The Kier molecular flexibility index (Phi) is 7.14. The van der Waals surface area contributed by atoms with Gasteiger partial charge in [-0.25, -0.2) is 0 Å². The Morgan fingerprint density at radius 3 is 2.80 bits per heavy atom. The normalized spacial score (nSPS) is 10.7. The van der Waals surface area contributed by atoms with Gasteiger partial charge in [-0.2, -0.15) is 8.78 Å². The predicted molar refractivity (Wildman–Crippen MR) is 74.3 cm³/mol. The third-order valence-corrected chi connectivity index (χ3v) is 2.79. The first-order chi connectivity index (χ1) is 9.43. The summed E-state index contributed by atoms with van der Waals surface area (Å²) >= 11 is 8.84. The van der Waals surface area contributed by atoms with E-state index in [1.54, 1.807) is 0 Å². The third-order valence-electron chi connectivity index (χ3n) is 1.98. The van der Waals surface area contributed by atoms with Crippen molar-refractivity contribution in [3.63, 3.8) is 0 Å². The van der Waals surface area contributed by atoms with Crippen molar-refractivity contribution in [2.24, 2.45) is 5.73 Å². The van der Waals surface area contributed by atoms with E-state index in [-0.39, 0.29) is 40.7 Å². The van der Waals surface area contributed by atoms with Gasteiger partial charge in [0.25, 0.3) is 0 Å². The van der Waals surface area contributed by atoms with E-state index in [1.807, 2.05) is 0 Å². The minimum atomic E-state index is -3.03. The molecule has 0 aromatic heterocycles. The molecule has 5 nitrogen and oxygen atoms in total. The van der Waals surface area contributed by atoms with Crippen molar-refractivity contribution >= 4 is 39.1 Å². The zero-order chi connectivity index (χ0) is 15.1. The predicted octanol–water partition coefficient (Wildman–Crippen LogP) is 2.62. The van der Waals surface area contributed by atoms with Gasteiger partial charge in [0.05, 0.1) is 16.8 Å². The fraction of sp³-hybridized carbons (Fsp3) is 0.364. The highest BCUT2D eigenvalue weighted by Crippen LogP contribution is 2.37. The van der Waals surface area contributed by atoms with Gasteiger partial charge < -0.3 is 20.5 Å². The molecule has 1 rings (SSSR count). The van der Waals surface area contributed by atoms with Gasteiger partial charge in [-0.05, 0) is 28.1 Å². The number of anilines is 1. The molecule has 1 amide bonds. The van der Waals surface area contributed by atoms with E-state index in [0.29, 0.717) is 0 Å². The number of hydrogen-bond donors (Lipinski definition) is 2. The van der Waals surface area contributed by atoms with Crippen LogP contribution in [0.4, 0.5) is 14.5 Å². The molecule has 0 heterocycles. The Morgan fingerprint density at radius 2 is 2.20 bits per heavy atom. The van der Waals surface area contributed by atoms with E-state index >= 15 is 0 Å². The summed E-state index contributed by atoms with van der Waals surface area (Å²) in [6.45, 7) is -2.80. The molecule has 0 spiro atoms. The number of nitrogens with two attached hydrogens (primary N) is 1. The van der Waals surface area contributed by atoms with Crippen molar-refractivity contribution in [1.29, 1.82) is 0 Å². The van der Waals surface area contributed by atoms with Gasteiger partial charge in [-0.1, -0.05) is 11.6 Å². The van der Waals surface area contributed by atoms with Crippen molar-refractivity contribution in [1.82, 2.24) is 0 Å². The summed E-state index contributed by atoms with van der Waals surface area (Å²) in [5.41, 5.74) is 5.22. The first kappa shape index (κ1) is 17.1. The van der Waals surface area contributed by atoms with Crippen LogP contribution in [0.5, 0.6) is 5.75 Å². The van der Waals surface area contributed by atoms with Crippen LogP contribution in [0.15, 0.2) is 16.6 Å². The molecule has 0 atom stereocenters. The molecule has 0 aliphatic heterocycles. The van der Waals surface area contributed by atoms with Crippen LogP contribution in [-0.2, 0) is 9.53 Å². The van der Waals surface area contributed by atoms with Crippen LogP contribution in [0.3, 0.4) is 0 Å². The molecule has 0 aliphatic carbocycles. The Morgan fingerprint density at radius 1 is 1.50 bits per heavy atom. The molecule has 1 aromatic rings. The van der Waals surface area contributed by atoms with Gasteiger partial charge in [0.15, 0.2) is 5.75 Å². The largest absolute Gasteiger partial charge is 0.431 e. The Balaban J connectivity index is 2.84. The van der Waals surface area contributed by atoms with E-state index in [0.717, 1.165) is 0 Å². The van der Waals surface area contributed by atoms with Crippen molar-refractivity contribution < 1.29 is 23.0 Å². The van der Waals surface area contributed by atoms with Gasteiger partial charge >= 0.3 is 6.61 Å². The molecule has 0 aliphatic rings. The molecule has 0 saturated heterocycles. The average Bonchev–Trinajstić information content (AvgIpc) is 2.33. The van der Waals surface area contributed by atoms with Crippen LogP contribution in [0, 0.1) is 0 Å². The maximum Gasteiger partial charge on any atom is 0.387 e. The van der Waals surface area contributed by atoms with Crippen LogP contribution >= 0.6 is 27.5 Å². The average molecular weight is 374 g/mol. The zero-order valence-corrected chi connectivity index (χ0v) is 12.5. The third kappa shape index (κ3) is 5.58. The molecule has 0 unspecified atom stereocenters. The number of alkyl halides is 2. The van der Waals surface area contributed by atoms with E-state index in [4.69, 9.17) is 22.1 Å². The zero-order valence-electron chi connectivity index (χ0n) is 10.2. The molecule has 3 N–H and O–H groups in total. The Bertz CT molecular complexity index is 477. The summed E-state index contributed by atoms with van der Waals surface area (Å²) in [5.74, 6) is -0.747. The van der Waals surface area contributed by atoms with Crippen molar-refractivity contribution in [2.45, 2.75) is 6.61 Å². The number of rotatable bonds is 7. The maximum absolute atomic E-state index is 12.3. The lowest BCUT2D eigenvalue weighted by Crippen LogP contribution is -2.21. The van der Waals surface area contributed by atoms with Crippen LogP contribution in [0.1, 0.15) is 0 Å². The fourth-order valence-electron chi connectivity index (χ4n) is 1.30. The van der Waals surface area contributed by atoms with Crippen molar-refractivity contribution in [3.8, 4) is 5.75 Å². The topological polar surface area (TPSA) is 73.6 Å². The molecule has 112 valence electrons. The molecular weight excluding hydrogens is 361 g/mol. The van der Waals surface area contributed by atoms with Crippen molar-refractivity contribution in [2.75, 3.05) is 25.1 Å². The van der Waals surface area contributed by atoms with E-state index in [1.165, 1.54) is 12.1 Å². The summed E-state index contributed by atoms with van der Waals surface area (Å²) < 4.78 is 34.1. The highest BCUT2D eigenvalue weighted by Gasteiger charge is 2.16. The summed E-state index contributed by atoms with van der Waals surface area (Å²) in [6.07, 6.45) is 0. The van der Waals surface area contributed by atoms with Gasteiger partial charge in [-0.3, -0.25) is 4.79 Å². The lowest BCUT2D eigenvalue weighted by molar-refractivity contribution is -0.120. The number of ether oxygens (including phenoxy) is 2. The monoisotopic (exact) mass is 372 g/mol. The quantitative estimate of drug-likeness (QED) is 0.721. The minimum Gasteiger partial charge on any atom is -0.431 e. The van der Waals surface area contributed by atoms with Gasteiger partial charge in [-0.15, -0.1) is 0 Å². The second-order valence-corrected chi connectivity index (χ2v) is 4.82. The lowest BCUT2D eigenvalue weighted by atomic mass is 10.3.